The molecule has 0 unspecified atom stereocenters. The van der Waals surface area contributed by atoms with Crippen LogP contribution in [0.1, 0.15) is 18.9 Å². The van der Waals surface area contributed by atoms with Crippen LogP contribution in [0.2, 0.25) is 0 Å². The minimum atomic E-state index is -0.198. The fourth-order valence-electron chi connectivity index (χ4n) is 1.21. The topological polar surface area (TPSA) is 46.5 Å². The van der Waals surface area contributed by atoms with Gasteiger partial charge in [0.1, 0.15) is 5.75 Å². The van der Waals surface area contributed by atoms with E-state index in [2.05, 4.69) is 0 Å². The molecule has 1 rings (SSSR count). The number of benzene rings is 1. The minimum absolute atomic E-state index is 0.198. The SMILES string of the molecule is CCOC(=O)C[CH]Cc1ccc(O)cc1. The molecule has 0 saturated heterocycles. The van der Waals surface area contributed by atoms with Crippen molar-refractivity contribution in [3.05, 3.63) is 36.2 Å². The van der Waals surface area contributed by atoms with Gasteiger partial charge in [-0.1, -0.05) is 12.1 Å². The summed E-state index contributed by atoms with van der Waals surface area (Å²) in [4.78, 5) is 11.0. The van der Waals surface area contributed by atoms with Gasteiger partial charge in [0.15, 0.2) is 0 Å². The number of ether oxygens (including phenoxy) is 1. The molecule has 0 fully saturated rings. The van der Waals surface area contributed by atoms with Crippen molar-refractivity contribution >= 4 is 5.97 Å². The van der Waals surface area contributed by atoms with Gasteiger partial charge in [0, 0.05) is 6.42 Å². The number of phenolic OH excluding ortho intramolecular Hbond substituents is 1. The standard InChI is InChI=1S/C12H15O3/c1-2-15-12(14)5-3-4-10-6-8-11(13)9-7-10/h3,6-9,13H,2,4-5H2,1H3. The molecule has 0 aliphatic carbocycles. The van der Waals surface area contributed by atoms with Crippen molar-refractivity contribution in [2.75, 3.05) is 6.61 Å². The van der Waals surface area contributed by atoms with Gasteiger partial charge in [-0.05, 0) is 37.5 Å². The van der Waals surface area contributed by atoms with E-state index in [1.54, 1.807) is 19.1 Å². The minimum Gasteiger partial charge on any atom is -0.508 e. The summed E-state index contributed by atoms with van der Waals surface area (Å²) >= 11 is 0. The Balaban J connectivity index is 2.26. The van der Waals surface area contributed by atoms with Gasteiger partial charge in [-0.15, -0.1) is 0 Å². The molecular formula is C12H15O3. The number of hydrogen-bond acceptors (Lipinski definition) is 3. The third-order valence-corrected chi connectivity index (χ3v) is 1.93. The first-order valence-corrected chi connectivity index (χ1v) is 4.97. The Morgan fingerprint density at radius 2 is 2.07 bits per heavy atom. The zero-order valence-corrected chi connectivity index (χ0v) is 8.77. The van der Waals surface area contributed by atoms with Crippen molar-refractivity contribution in [2.45, 2.75) is 19.8 Å². The lowest BCUT2D eigenvalue weighted by Crippen LogP contribution is -2.04. The summed E-state index contributed by atoms with van der Waals surface area (Å²) in [6, 6.07) is 6.93. The van der Waals surface area contributed by atoms with Gasteiger partial charge in [0.25, 0.3) is 0 Å². The van der Waals surface area contributed by atoms with Gasteiger partial charge in [-0.25, -0.2) is 0 Å². The normalized spacial score (nSPS) is 9.93. The van der Waals surface area contributed by atoms with Crippen LogP contribution in [-0.2, 0) is 16.0 Å². The van der Waals surface area contributed by atoms with Crippen LogP contribution in [-0.4, -0.2) is 17.7 Å². The molecule has 3 nitrogen and oxygen atoms in total. The number of carbonyl (C=O) groups excluding carboxylic acids is 1. The maximum Gasteiger partial charge on any atom is 0.306 e. The van der Waals surface area contributed by atoms with Crippen LogP contribution in [0.15, 0.2) is 24.3 Å². The van der Waals surface area contributed by atoms with E-state index in [4.69, 9.17) is 9.84 Å². The number of aromatic hydroxyl groups is 1. The fraction of sp³-hybridized carbons (Fsp3) is 0.333. The highest BCUT2D eigenvalue weighted by Crippen LogP contribution is 2.11. The molecule has 1 aromatic rings. The maximum absolute atomic E-state index is 11.0. The molecule has 1 radical (unpaired) electrons. The summed E-state index contributed by atoms with van der Waals surface area (Å²) < 4.78 is 4.79. The van der Waals surface area contributed by atoms with E-state index in [0.29, 0.717) is 19.4 Å². The van der Waals surface area contributed by atoms with Crippen molar-refractivity contribution in [1.29, 1.82) is 0 Å². The van der Waals surface area contributed by atoms with Crippen LogP contribution in [0.4, 0.5) is 0 Å². The second-order valence-electron chi connectivity index (χ2n) is 3.17. The Hall–Kier alpha value is -1.51. The van der Waals surface area contributed by atoms with Crippen LogP contribution < -0.4 is 0 Å². The van der Waals surface area contributed by atoms with Gasteiger partial charge >= 0.3 is 5.97 Å². The first-order chi connectivity index (χ1) is 7.22. The zero-order chi connectivity index (χ0) is 11.1. The van der Waals surface area contributed by atoms with E-state index in [-0.39, 0.29) is 11.7 Å². The van der Waals surface area contributed by atoms with Crippen molar-refractivity contribution in [1.82, 2.24) is 0 Å². The number of rotatable bonds is 5. The van der Waals surface area contributed by atoms with Crippen LogP contribution in [0.5, 0.6) is 5.75 Å². The Labute approximate surface area is 89.7 Å². The Morgan fingerprint density at radius 1 is 1.40 bits per heavy atom. The molecule has 1 N–H and O–H groups in total. The molecule has 0 spiro atoms. The molecule has 15 heavy (non-hydrogen) atoms. The molecule has 0 heterocycles. The summed E-state index contributed by atoms with van der Waals surface area (Å²) in [7, 11) is 0. The third kappa shape index (κ3) is 4.49. The van der Waals surface area contributed by atoms with Gasteiger partial charge < -0.3 is 9.84 Å². The molecule has 0 saturated carbocycles. The lowest BCUT2D eigenvalue weighted by Gasteiger charge is -2.02. The number of hydrogen-bond donors (Lipinski definition) is 1. The summed E-state index contributed by atoms with van der Waals surface area (Å²) in [5, 5.41) is 9.06. The fourth-order valence-corrected chi connectivity index (χ4v) is 1.21. The molecule has 81 valence electrons. The maximum atomic E-state index is 11.0. The molecule has 0 atom stereocenters. The summed E-state index contributed by atoms with van der Waals surface area (Å²) in [6.45, 7) is 2.21. The highest BCUT2D eigenvalue weighted by Gasteiger charge is 2.01. The highest BCUT2D eigenvalue weighted by molar-refractivity contribution is 5.70. The molecule has 0 bridgehead atoms. The lowest BCUT2D eigenvalue weighted by atomic mass is 10.1. The van der Waals surface area contributed by atoms with E-state index in [1.165, 1.54) is 0 Å². The number of carbonyl (C=O) groups is 1. The molecule has 3 heteroatoms. The van der Waals surface area contributed by atoms with E-state index < -0.39 is 0 Å². The van der Waals surface area contributed by atoms with Gasteiger partial charge in [-0.3, -0.25) is 4.79 Å². The second-order valence-corrected chi connectivity index (χ2v) is 3.17. The smallest absolute Gasteiger partial charge is 0.306 e. The van der Waals surface area contributed by atoms with E-state index >= 15 is 0 Å². The average Bonchev–Trinajstić information content (AvgIpc) is 2.21. The van der Waals surface area contributed by atoms with Crippen molar-refractivity contribution in [3.63, 3.8) is 0 Å². The van der Waals surface area contributed by atoms with Crippen LogP contribution >= 0.6 is 0 Å². The predicted molar refractivity (Wildman–Crippen MR) is 57.4 cm³/mol. The molecular weight excluding hydrogens is 192 g/mol. The number of esters is 1. The van der Waals surface area contributed by atoms with E-state index in [0.717, 1.165) is 5.56 Å². The lowest BCUT2D eigenvalue weighted by molar-refractivity contribution is -0.142. The van der Waals surface area contributed by atoms with Gasteiger partial charge in [0.05, 0.1) is 6.61 Å². The van der Waals surface area contributed by atoms with E-state index in [1.807, 2.05) is 18.6 Å². The molecule has 0 amide bonds. The van der Waals surface area contributed by atoms with Gasteiger partial charge in [0.2, 0.25) is 0 Å². The molecule has 1 aromatic carbocycles. The van der Waals surface area contributed by atoms with Crippen molar-refractivity contribution in [3.8, 4) is 5.75 Å². The Bertz CT molecular complexity index is 303. The molecule has 0 aromatic heterocycles. The first kappa shape index (κ1) is 11.6. The monoisotopic (exact) mass is 207 g/mol. The average molecular weight is 207 g/mol. The second kappa shape index (κ2) is 6.06. The third-order valence-electron chi connectivity index (χ3n) is 1.93. The molecule has 0 aliphatic rings. The van der Waals surface area contributed by atoms with Crippen LogP contribution in [0.25, 0.3) is 0 Å². The summed E-state index contributed by atoms with van der Waals surface area (Å²) in [6.07, 6.45) is 2.90. The highest BCUT2D eigenvalue weighted by atomic mass is 16.5. The molecule has 0 aliphatic heterocycles. The Kier molecular flexibility index (Phi) is 4.68. The quantitative estimate of drug-likeness (QED) is 0.752. The first-order valence-electron chi connectivity index (χ1n) is 4.97. The van der Waals surface area contributed by atoms with E-state index in [9.17, 15) is 4.79 Å². The Morgan fingerprint density at radius 3 is 2.67 bits per heavy atom. The summed E-state index contributed by atoms with van der Waals surface area (Å²) in [5.41, 5.74) is 1.07. The van der Waals surface area contributed by atoms with Crippen molar-refractivity contribution < 1.29 is 14.6 Å². The zero-order valence-electron chi connectivity index (χ0n) is 8.77. The van der Waals surface area contributed by atoms with Gasteiger partial charge in [-0.2, -0.15) is 0 Å². The predicted octanol–water partition coefficient (Wildman–Crippen LogP) is 2.09. The van der Waals surface area contributed by atoms with Crippen LogP contribution in [0, 0.1) is 6.42 Å². The largest absolute Gasteiger partial charge is 0.508 e. The summed E-state index contributed by atoms with van der Waals surface area (Å²) in [5.74, 6) is 0.0559. The number of phenols is 1. The van der Waals surface area contributed by atoms with Crippen LogP contribution in [0.3, 0.4) is 0 Å². The van der Waals surface area contributed by atoms with Crippen molar-refractivity contribution in [2.24, 2.45) is 0 Å².